The molecule has 1 saturated heterocycles. The number of likely N-dealkylation sites (tertiary alicyclic amines) is 1. The molecule has 228 valence electrons. The molecule has 45 heavy (non-hydrogen) atoms. The van der Waals surface area contributed by atoms with Gasteiger partial charge in [-0.25, -0.2) is 9.97 Å². The van der Waals surface area contributed by atoms with Crippen LogP contribution in [-0.4, -0.2) is 56.2 Å². The van der Waals surface area contributed by atoms with Crippen LogP contribution in [-0.2, 0) is 26.6 Å². The molecule has 0 radical (unpaired) electrons. The smallest absolute Gasteiger partial charge is 0.291 e. The number of benzene rings is 3. The number of β-amino-alcohol motifs (C(OH)–C–C–N with tert-alkyl or cyclic N) is 1. The number of hydrogen-bond acceptors (Lipinski definition) is 8. The van der Waals surface area contributed by atoms with Gasteiger partial charge in [0.2, 0.25) is 5.89 Å². The second-order valence-corrected chi connectivity index (χ2v) is 12.1. The predicted molar refractivity (Wildman–Crippen MR) is 172 cm³/mol. The van der Waals surface area contributed by atoms with Gasteiger partial charge in [-0.05, 0) is 54.3 Å². The van der Waals surface area contributed by atoms with Crippen LogP contribution in [0.3, 0.4) is 0 Å². The van der Waals surface area contributed by atoms with Crippen molar-refractivity contribution in [3.05, 3.63) is 87.5 Å². The molecule has 4 heterocycles. The summed E-state index contributed by atoms with van der Waals surface area (Å²) in [4.78, 5) is 24.8. The van der Waals surface area contributed by atoms with Crippen LogP contribution in [0.1, 0.15) is 45.1 Å². The monoisotopic (exact) mass is 621 g/mol. The van der Waals surface area contributed by atoms with Gasteiger partial charge in [0.05, 0.1) is 28.1 Å². The van der Waals surface area contributed by atoms with Crippen molar-refractivity contribution in [1.82, 2.24) is 24.8 Å². The van der Waals surface area contributed by atoms with Crippen LogP contribution in [0.4, 0.5) is 5.69 Å². The average molecular weight is 622 g/mol. The van der Waals surface area contributed by atoms with E-state index in [1.807, 2.05) is 61.0 Å². The van der Waals surface area contributed by atoms with E-state index in [9.17, 15) is 15.2 Å². The standard InChI is InChI=1S/C34H32ClN7O3/c1-19-23(25-7-4-8-26(30(25)35)39-33(44)32-38-28-16-37-11-9-29(28)41(32)2)5-3-6-24(19)34-40-27-14-20(13-21(15-36)31(27)45-34)17-42-12-10-22(43)18-42/h3-8,13-14,22,37,43H,9-12,16-18H2,1-2H3,(H,39,44)/t22-/m1/s1. The molecule has 3 aromatic carbocycles. The van der Waals surface area contributed by atoms with Crippen LogP contribution < -0.4 is 10.6 Å². The quantitative estimate of drug-likeness (QED) is 0.236. The normalized spacial score (nSPS) is 16.6. The average Bonchev–Trinajstić information content (AvgIpc) is 3.75. The van der Waals surface area contributed by atoms with Gasteiger partial charge in [-0.1, -0.05) is 35.9 Å². The Kier molecular flexibility index (Phi) is 7.63. The fourth-order valence-electron chi connectivity index (χ4n) is 6.43. The number of nitrogens with zero attached hydrogens (tertiary/aromatic N) is 5. The minimum atomic E-state index is -0.323. The number of rotatable bonds is 6. The first kappa shape index (κ1) is 29.2. The molecule has 1 fully saturated rings. The third kappa shape index (κ3) is 5.38. The Bertz CT molecular complexity index is 2010. The number of carbonyl (C=O) groups excluding carboxylic acids is 1. The molecule has 0 unspecified atom stereocenters. The third-order valence-electron chi connectivity index (χ3n) is 8.76. The highest BCUT2D eigenvalue weighted by molar-refractivity contribution is 6.36. The topological polar surface area (TPSA) is 132 Å². The summed E-state index contributed by atoms with van der Waals surface area (Å²) < 4.78 is 8.06. The Morgan fingerprint density at radius 2 is 2.00 bits per heavy atom. The fourth-order valence-corrected chi connectivity index (χ4v) is 6.70. The molecule has 1 atom stereocenters. The summed E-state index contributed by atoms with van der Waals surface area (Å²) in [5, 5.41) is 26.5. The summed E-state index contributed by atoms with van der Waals surface area (Å²) in [6.07, 6.45) is 1.26. The second kappa shape index (κ2) is 11.8. The highest BCUT2D eigenvalue weighted by atomic mass is 35.5. The lowest BCUT2D eigenvalue weighted by Gasteiger charge is -2.14. The molecule has 2 aliphatic heterocycles. The number of aliphatic hydroxyl groups is 1. The lowest BCUT2D eigenvalue weighted by Crippen LogP contribution is -2.24. The molecule has 2 aliphatic rings. The number of amides is 1. The molecule has 3 N–H and O–H groups in total. The number of hydrogen-bond donors (Lipinski definition) is 3. The molecular weight excluding hydrogens is 590 g/mol. The van der Waals surface area contributed by atoms with E-state index in [4.69, 9.17) is 21.0 Å². The van der Waals surface area contributed by atoms with Gasteiger partial charge in [-0.2, -0.15) is 5.26 Å². The Labute approximate surface area is 265 Å². The van der Waals surface area contributed by atoms with Crippen molar-refractivity contribution in [1.29, 1.82) is 5.26 Å². The van der Waals surface area contributed by atoms with Gasteiger partial charge in [0.25, 0.3) is 5.91 Å². The molecule has 0 aliphatic carbocycles. The first-order valence-corrected chi connectivity index (χ1v) is 15.4. The number of fused-ring (bicyclic) bond motifs is 2. The van der Waals surface area contributed by atoms with Crippen LogP contribution >= 0.6 is 11.6 Å². The van der Waals surface area contributed by atoms with Crippen molar-refractivity contribution in [3.8, 4) is 28.7 Å². The summed E-state index contributed by atoms with van der Waals surface area (Å²) in [6, 6.07) is 17.4. The summed E-state index contributed by atoms with van der Waals surface area (Å²) >= 11 is 6.94. The molecule has 10 nitrogen and oxygen atoms in total. The van der Waals surface area contributed by atoms with Crippen LogP contribution in [0, 0.1) is 18.3 Å². The summed E-state index contributed by atoms with van der Waals surface area (Å²) in [5.74, 6) is 0.428. The first-order chi connectivity index (χ1) is 21.8. The van der Waals surface area contributed by atoms with Crippen molar-refractivity contribution in [2.45, 2.75) is 39.0 Å². The highest BCUT2D eigenvalue weighted by Crippen LogP contribution is 2.39. The number of nitriles is 1. The number of anilines is 1. The van der Waals surface area contributed by atoms with E-state index < -0.39 is 0 Å². The maximum absolute atomic E-state index is 13.3. The van der Waals surface area contributed by atoms with Crippen molar-refractivity contribution >= 4 is 34.3 Å². The highest BCUT2D eigenvalue weighted by Gasteiger charge is 2.24. The van der Waals surface area contributed by atoms with Gasteiger partial charge in [0.1, 0.15) is 11.6 Å². The summed E-state index contributed by atoms with van der Waals surface area (Å²) in [6.45, 7) is 5.53. The number of oxazole rings is 1. The number of aromatic nitrogens is 3. The van der Waals surface area contributed by atoms with Gasteiger partial charge < -0.3 is 24.7 Å². The largest absolute Gasteiger partial charge is 0.435 e. The zero-order chi connectivity index (χ0) is 31.2. The lowest BCUT2D eigenvalue weighted by molar-refractivity contribution is 0.101. The molecule has 7 rings (SSSR count). The Morgan fingerprint density at radius 1 is 1.20 bits per heavy atom. The number of aliphatic hydroxyl groups excluding tert-OH is 1. The Hall–Kier alpha value is -4.53. The third-order valence-corrected chi connectivity index (χ3v) is 9.16. The van der Waals surface area contributed by atoms with Gasteiger partial charge in [-0.15, -0.1) is 0 Å². The van der Waals surface area contributed by atoms with E-state index in [0.29, 0.717) is 58.7 Å². The van der Waals surface area contributed by atoms with E-state index >= 15 is 0 Å². The number of imidazole rings is 1. The van der Waals surface area contributed by atoms with Crippen LogP contribution in [0.15, 0.2) is 52.9 Å². The van der Waals surface area contributed by atoms with E-state index in [1.165, 1.54) is 0 Å². The van der Waals surface area contributed by atoms with E-state index in [0.717, 1.165) is 65.1 Å². The zero-order valence-corrected chi connectivity index (χ0v) is 25.8. The number of halogens is 1. The summed E-state index contributed by atoms with van der Waals surface area (Å²) in [5.41, 5.74) is 8.15. The molecular formula is C34H32ClN7O3. The zero-order valence-electron chi connectivity index (χ0n) is 25.0. The number of carbonyl (C=O) groups is 1. The number of nitrogens with one attached hydrogen (secondary N) is 2. The van der Waals surface area contributed by atoms with E-state index in [1.54, 1.807) is 6.07 Å². The second-order valence-electron chi connectivity index (χ2n) is 11.7. The fraction of sp³-hybridized carbons (Fsp3) is 0.294. The van der Waals surface area contributed by atoms with Gasteiger partial charge in [-0.3, -0.25) is 9.69 Å². The van der Waals surface area contributed by atoms with Crippen molar-refractivity contribution in [2.24, 2.45) is 7.05 Å². The van der Waals surface area contributed by atoms with Crippen LogP contribution in [0.5, 0.6) is 0 Å². The maximum atomic E-state index is 13.3. The molecule has 0 spiro atoms. The Balaban J connectivity index is 1.20. The Morgan fingerprint density at radius 3 is 2.78 bits per heavy atom. The predicted octanol–water partition coefficient (Wildman–Crippen LogP) is 5.19. The molecule has 0 bridgehead atoms. The van der Waals surface area contributed by atoms with Crippen molar-refractivity contribution < 1.29 is 14.3 Å². The minimum Gasteiger partial charge on any atom is -0.435 e. The molecule has 0 saturated carbocycles. The van der Waals surface area contributed by atoms with Crippen molar-refractivity contribution in [3.63, 3.8) is 0 Å². The first-order valence-electron chi connectivity index (χ1n) is 15.0. The maximum Gasteiger partial charge on any atom is 0.291 e. The SMILES string of the molecule is Cc1c(-c2nc3cc(CN4CC[C@@H](O)C4)cc(C#N)c3o2)cccc1-c1cccc(NC(=O)c2nc3c(n2C)CCNC3)c1Cl. The van der Waals surface area contributed by atoms with Crippen molar-refractivity contribution in [2.75, 3.05) is 25.0 Å². The van der Waals surface area contributed by atoms with E-state index in [-0.39, 0.29) is 12.0 Å². The lowest BCUT2D eigenvalue weighted by atomic mass is 9.96. The van der Waals surface area contributed by atoms with Gasteiger partial charge in [0.15, 0.2) is 11.4 Å². The molecule has 11 heteroatoms. The summed E-state index contributed by atoms with van der Waals surface area (Å²) in [7, 11) is 1.87. The van der Waals surface area contributed by atoms with Crippen LogP contribution in [0.2, 0.25) is 5.02 Å². The molecule has 5 aromatic rings. The van der Waals surface area contributed by atoms with Crippen LogP contribution in [0.25, 0.3) is 33.7 Å². The molecule has 1 amide bonds. The molecule has 2 aromatic heterocycles. The van der Waals surface area contributed by atoms with Gasteiger partial charge in [0, 0.05) is 63.0 Å². The van der Waals surface area contributed by atoms with Gasteiger partial charge >= 0.3 is 0 Å². The minimum absolute atomic E-state index is 0.313. The van der Waals surface area contributed by atoms with E-state index in [2.05, 4.69) is 26.6 Å².